The number of rotatable bonds is 3. The molecule has 2 nitrogen and oxygen atoms in total. The summed E-state index contributed by atoms with van der Waals surface area (Å²) in [6.07, 6.45) is 0. The van der Waals surface area contributed by atoms with Crippen LogP contribution >= 0.6 is 11.6 Å². The van der Waals surface area contributed by atoms with Crippen molar-refractivity contribution in [1.82, 2.24) is 10.2 Å². The van der Waals surface area contributed by atoms with E-state index >= 15 is 0 Å². The molecule has 104 valence electrons. The van der Waals surface area contributed by atoms with E-state index in [-0.39, 0.29) is 0 Å². The van der Waals surface area contributed by atoms with Gasteiger partial charge in [-0.15, -0.1) is 0 Å². The molecule has 3 heteroatoms. The molecule has 0 spiro atoms. The molecule has 0 radical (unpaired) electrons. The molecule has 2 aromatic carbocycles. The van der Waals surface area contributed by atoms with Crippen LogP contribution in [0.4, 0.5) is 0 Å². The second-order valence-electron chi connectivity index (χ2n) is 5.25. The molecule has 0 unspecified atom stereocenters. The first kappa shape index (κ1) is 13.6. The van der Waals surface area contributed by atoms with E-state index in [1.807, 2.05) is 12.1 Å². The first-order valence-electron chi connectivity index (χ1n) is 7.07. The molecule has 1 heterocycles. The number of hydrogen-bond acceptors (Lipinski definition) is 2. The lowest BCUT2D eigenvalue weighted by molar-refractivity contribution is 0.193. The van der Waals surface area contributed by atoms with Gasteiger partial charge in [0, 0.05) is 37.2 Å². The van der Waals surface area contributed by atoms with Crippen molar-refractivity contribution in [1.29, 1.82) is 0 Å². The minimum absolute atomic E-state index is 0.321. The predicted octanol–water partition coefficient (Wildman–Crippen LogP) is 3.49. The number of nitrogens with zero attached hydrogens (tertiary/aromatic N) is 1. The van der Waals surface area contributed by atoms with Crippen LogP contribution in [0.5, 0.6) is 0 Å². The molecule has 0 aromatic heterocycles. The van der Waals surface area contributed by atoms with E-state index in [1.54, 1.807) is 0 Å². The average molecular weight is 287 g/mol. The molecule has 0 aliphatic carbocycles. The van der Waals surface area contributed by atoms with Crippen LogP contribution in [0, 0.1) is 0 Å². The first-order valence-corrected chi connectivity index (χ1v) is 7.45. The topological polar surface area (TPSA) is 15.3 Å². The lowest BCUT2D eigenvalue weighted by atomic mass is 10.0. The number of halogens is 1. The second kappa shape index (κ2) is 6.40. The Kier molecular flexibility index (Phi) is 4.36. The van der Waals surface area contributed by atoms with Crippen molar-refractivity contribution in [3.8, 4) is 0 Å². The molecule has 0 saturated carbocycles. The zero-order valence-electron chi connectivity index (χ0n) is 11.4. The fraction of sp³-hybridized carbons (Fsp3) is 0.294. The third kappa shape index (κ3) is 3.21. The van der Waals surface area contributed by atoms with Crippen molar-refractivity contribution in [3.63, 3.8) is 0 Å². The molecule has 1 N–H and O–H groups in total. The van der Waals surface area contributed by atoms with Gasteiger partial charge >= 0.3 is 0 Å². The monoisotopic (exact) mass is 286 g/mol. The first-order chi connectivity index (χ1) is 9.83. The minimum atomic E-state index is 0.321. The SMILES string of the molecule is Clc1ccccc1[C@@H]1CN(Cc2ccccc2)CCN1. The van der Waals surface area contributed by atoms with Crippen LogP contribution in [-0.2, 0) is 6.54 Å². The summed E-state index contributed by atoms with van der Waals surface area (Å²) in [6, 6.07) is 19.1. The van der Waals surface area contributed by atoms with E-state index in [9.17, 15) is 0 Å². The number of piperazine rings is 1. The third-order valence-corrected chi connectivity index (χ3v) is 4.13. The van der Waals surface area contributed by atoms with Gasteiger partial charge in [0.2, 0.25) is 0 Å². The third-order valence-electron chi connectivity index (χ3n) is 3.79. The molecule has 20 heavy (non-hydrogen) atoms. The van der Waals surface area contributed by atoms with Crippen molar-refractivity contribution in [3.05, 3.63) is 70.7 Å². The van der Waals surface area contributed by atoms with Crippen molar-refractivity contribution >= 4 is 11.6 Å². The van der Waals surface area contributed by atoms with Crippen LogP contribution < -0.4 is 5.32 Å². The minimum Gasteiger partial charge on any atom is -0.308 e. The normalized spacial score (nSPS) is 19.9. The Morgan fingerprint density at radius 2 is 1.80 bits per heavy atom. The van der Waals surface area contributed by atoms with Crippen LogP contribution in [-0.4, -0.2) is 24.5 Å². The maximum Gasteiger partial charge on any atom is 0.0464 e. The molecular weight excluding hydrogens is 268 g/mol. The van der Waals surface area contributed by atoms with Crippen LogP contribution in [0.1, 0.15) is 17.2 Å². The summed E-state index contributed by atoms with van der Waals surface area (Å²) in [5.41, 5.74) is 2.57. The van der Waals surface area contributed by atoms with Gasteiger partial charge in [-0.1, -0.05) is 60.1 Å². The van der Waals surface area contributed by atoms with Gasteiger partial charge in [-0.25, -0.2) is 0 Å². The highest BCUT2D eigenvalue weighted by Gasteiger charge is 2.22. The maximum absolute atomic E-state index is 6.31. The lowest BCUT2D eigenvalue weighted by Crippen LogP contribution is -2.45. The molecule has 1 atom stereocenters. The van der Waals surface area contributed by atoms with Crippen LogP contribution in [0.2, 0.25) is 5.02 Å². The Balaban J connectivity index is 1.69. The summed E-state index contributed by atoms with van der Waals surface area (Å²) >= 11 is 6.31. The Bertz CT molecular complexity index is 556. The molecular formula is C17H19ClN2. The van der Waals surface area contributed by atoms with Crippen LogP contribution in [0.15, 0.2) is 54.6 Å². The smallest absolute Gasteiger partial charge is 0.0464 e. The molecule has 0 bridgehead atoms. The Labute approximate surface area is 125 Å². The van der Waals surface area contributed by atoms with Gasteiger partial charge in [0.25, 0.3) is 0 Å². The van der Waals surface area contributed by atoms with Crippen molar-refractivity contribution in [2.75, 3.05) is 19.6 Å². The summed E-state index contributed by atoms with van der Waals surface area (Å²) in [4.78, 5) is 2.49. The molecule has 1 fully saturated rings. The van der Waals surface area contributed by atoms with E-state index < -0.39 is 0 Å². The summed E-state index contributed by atoms with van der Waals surface area (Å²) in [5, 5.41) is 4.42. The van der Waals surface area contributed by atoms with Gasteiger partial charge in [0.05, 0.1) is 0 Å². The highest BCUT2D eigenvalue weighted by atomic mass is 35.5. The highest BCUT2D eigenvalue weighted by molar-refractivity contribution is 6.31. The predicted molar refractivity (Wildman–Crippen MR) is 83.9 cm³/mol. The van der Waals surface area contributed by atoms with Gasteiger partial charge in [-0.05, 0) is 17.2 Å². The second-order valence-corrected chi connectivity index (χ2v) is 5.66. The number of benzene rings is 2. The number of hydrogen-bond donors (Lipinski definition) is 1. The fourth-order valence-corrected chi connectivity index (χ4v) is 3.03. The Hall–Kier alpha value is -1.35. The van der Waals surface area contributed by atoms with Crippen molar-refractivity contribution < 1.29 is 0 Å². The van der Waals surface area contributed by atoms with Crippen molar-refractivity contribution in [2.24, 2.45) is 0 Å². The van der Waals surface area contributed by atoms with Gasteiger partial charge in [-0.2, -0.15) is 0 Å². The van der Waals surface area contributed by atoms with Crippen LogP contribution in [0.3, 0.4) is 0 Å². The zero-order valence-corrected chi connectivity index (χ0v) is 12.2. The van der Waals surface area contributed by atoms with Crippen LogP contribution in [0.25, 0.3) is 0 Å². The largest absolute Gasteiger partial charge is 0.308 e. The molecule has 3 rings (SSSR count). The molecule has 2 aromatic rings. The summed E-state index contributed by atoms with van der Waals surface area (Å²) < 4.78 is 0. The van der Waals surface area contributed by atoms with E-state index in [4.69, 9.17) is 11.6 Å². The Morgan fingerprint density at radius 3 is 2.60 bits per heavy atom. The summed E-state index contributed by atoms with van der Waals surface area (Å²) in [7, 11) is 0. The van der Waals surface area contributed by atoms with E-state index in [0.717, 1.165) is 31.2 Å². The Morgan fingerprint density at radius 1 is 1.05 bits per heavy atom. The van der Waals surface area contributed by atoms with E-state index in [1.165, 1.54) is 11.1 Å². The summed E-state index contributed by atoms with van der Waals surface area (Å²) in [5.74, 6) is 0. The quantitative estimate of drug-likeness (QED) is 0.929. The molecule has 1 aliphatic rings. The zero-order chi connectivity index (χ0) is 13.8. The number of nitrogens with one attached hydrogen (secondary N) is 1. The van der Waals surface area contributed by atoms with E-state index in [2.05, 4.69) is 52.7 Å². The standard InChI is InChI=1S/C17H19ClN2/c18-16-9-5-4-8-15(16)17-13-20(11-10-19-17)12-14-6-2-1-3-7-14/h1-9,17,19H,10-13H2/t17-/m0/s1. The van der Waals surface area contributed by atoms with Gasteiger partial charge in [0.15, 0.2) is 0 Å². The van der Waals surface area contributed by atoms with E-state index in [0.29, 0.717) is 6.04 Å². The van der Waals surface area contributed by atoms with Gasteiger partial charge in [0.1, 0.15) is 0 Å². The van der Waals surface area contributed by atoms with Gasteiger partial charge in [-0.3, -0.25) is 4.90 Å². The molecule has 1 aliphatic heterocycles. The fourth-order valence-electron chi connectivity index (χ4n) is 2.76. The molecule has 0 amide bonds. The van der Waals surface area contributed by atoms with Crippen molar-refractivity contribution in [2.45, 2.75) is 12.6 Å². The van der Waals surface area contributed by atoms with Gasteiger partial charge < -0.3 is 5.32 Å². The summed E-state index contributed by atoms with van der Waals surface area (Å²) in [6.45, 7) is 4.08. The average Bonchev–Trinajstić information content (AvgIpc) is 2.49. The highest BCUT2D eigenvalue weighted by Crippen LogP contribution is 2.25. The lowest BCUT2D eigenvalue weighted by Gasteiger charge is -2.34. The molecule has 1 saturated heterocycles. The maximum atomic E-state index is 6.31.